The summed E-state index contributed by atoms with van der Waals surface area (Å²) in [6.07, 6.45) is 7.45. The smallest absolute Gasteiger partial charge is 0.344 e. The van der Waals surface area contributed by atoms with Crippen LogP contribution in [0.25, 0.3) is 11.8 Å². The van der Waals surface area contributed by atoms with Crippen molar-refractivity contribution in [2.75, 3.05) is 11.5 Å². The summed E-state index contributed by atoms with van der Waals surface area (Å²) < 4.78 is 5.56. The van der Waals surface area contributed by atoms with Crippen LogP contribution in [0, 0.1) is 0 Å². The highest BCUT2D eigenvalue weighted by Gasteiger charge is 2.15. The molecule has 6 heteroatoms. The maximum absolute atomic E-state index is 12.7. The van der Waals surface area contributed by atoms with Crippen molar-refractivity contribution in [3.8, 4) is 0 Å². The molecule has 0 saturated heterocycles. The first kappa shape index (κ1) is 19.5. The van der Waals surface area contributed by atoms with Crippen LogP contribution in [-0.2, 0) is 9.53 Å². The van der Waals surface area contributed by atoms with Gasteiger partial charge < -0.3 is 21.3 Å². The van der Waals surface area contributed by atoms with Gasteiger partial charge >= 0.3 is 11.9 Å². The average molecular weight is 364 g/mol. The summed E-state index contributed by atoms with van der Waals surface area (Å²) >= 11 is 0. The third-order valence-electron chi connectivity index (χ3n) is 3.54. The van der Waals surface area contributed by atoms with E-state index in [1.165, 1.54) is 12.1 Å². The minimum absolute atomic E-state index is 0.161. The van der Waals surface area contributed by atoms with Gasteiger partial charge in [-0.15, -0.1) is 0 Å². The summed E-state index contributed by atoms with van der Waals surface area (Å²) in [5.74, 6) is -1.45. The Bertz CT molecular complexity index is 926. The zero-order valence-electron chi connectivity index (χ0n) is 14.8. The molecule has 0 spiro atoms. The monoisotopic (exact) mass is 364 g/mol. The number of nitrogens with two attached hydrogens (primary N) is 2. The lowest BCUT2D eigenvalue weighted by molar-refractivity contribution is -0.131. The van der Waals surface area contributed by atoms with Gasteiger partial charge in [-0.2, -0.15) is 0 Å². The Morgan fingerprint density at radius 2 is 1.70 bits per heavy atom. The maximum atomic E-state index is 12.7. The van der Waals surface area contributed by atoms with Gasteiger partial charge in [0.15, 0.2) is 0 Å². The van der Waals surface area contributed by atoms with Crippen LogP contribution in [0.5, 0.6) is 0 Å². The molecule has 5 N–H and O–H groups in total. The third kappa shape index (κ3) is 5.61. The van der Waals surface area contributed by atoms with Gasteiger partial charge in [0.2, 0.25) is 0 Å². The van der Waals surface area contributed by atoms with Crippen molar-refractivity contribution in [2.24, 2.45) is 0 Å². The molecule has 0 aliphatic heterocycles. The second kappa shape index (κ2) is 9.05. The van der Waals surface area contributed by atoms with E-state index in [1.807, 2.05) is 6.92 Å². The molecular formula is C21H20N2O4. The number of hydrogen-bond donors (Lipinski definition) is 3. The van der Waals surface area contributed by atoms with Gasteiger partial charge in [0.1, 0.15) is 5.76 Å². The number of carboxylic acid groups (broad SMARTS) is 1. The van der Waals surface area contributed by atoms with Crippen LogP contribution in [0.15, 0.2) is 66.8 Å². The molecule has 0 aliphatic carbocycles. The fourth-order valence-electron chi connectivity index (χ4n) is 2.23. The van der Waals surface area contributed by atoms with E-state index in [-0.39, 0.29) is 5.56 Å². The highest BCUT2D eigenvalue weighted by molar-refractivity contribution is 5.98. The van der Waals surface area contributed by atoms with Crippen molar-refractivity contribution in [3.05, 3.63) is 83.5 Å². The zero-order valence-corrected chi connectivity index (χ0v) is 14.8. The van der Waals surface area contributed by atoms with Crippen LogP contribution >= 0.6 is 0 Å². The van der Waals surface area contributed by atoms with Gasteiger partial charge in [-0.1, -0.05) is 18.2 Å². The standard InChI is InChI=1S/C21H20N2O4/c1-2-3-4-19(15-6-9-16(22)10-7-15)27-21(26)18-13-17(23)11-5-14(18)8-12-20(24)25/h2-13H,22-23H2,1H3,(H,24,25). The molecule has 6 nitrogen and oxygen atoms in total. The molecule has 0 atom stereocenters. The van der Waals surface area contributed by atoms with E-state index in [0.29, 0.717) is 28.3 Å². The Balaban J connectivity index is 2.39. The fraction of sp³-hybridized carbons (Fsp3) is 0.0476. The summed E-state index contributed by atoms with van der Waals surface area (Å²) in [6.45, 7) is 1.84. The van der Waals surface area contributed by atoms with Crippen molar-refractivity contribution in [3.63, 3.8) is 0 Å². The second-order valence-electron chi connectivity index (χ2n) is 5.59. The van der Waals surface area contributed by atoms with Crippen LogP contribution in [0.4, 0.5) is 11.4 Å². The molecule has 0 amide bonds. The topological polar surface area (TPSA) is 116 Å². The molecule has 2 aromatic carbocycles. The number of carboxylic acids is 1. The zero-order chi connectivity index (χ0) is 19.8. The first-order chi connectivity index (χ1) is 12.9. The van der Waals surface area contributed by atoms with E-state index in [4.69, 9.17) is 21.3 Å². The Morgan fingerprint density at radius 3 is 2.33 bits per heavy atom. The van der Waals surface area contributed by atoms with Gasteiger partial charge in [-0.25, -0.2) is 9.59 Å². The number of ether oxygens (including phenoxy) is 1. The van der Waals surface area contributed by atoms with E-state index < -0.39 is 11.9 Å². The molecule has 0 bridgehead atoms. The van der Waals surface area contributed by atoms with Crippen LogP contribution in [0.1, 0.15) is 28.4 Å². The molecule has 27 heavy (non-hydrogen) atoms. The number of carbonyl (C=O) groups excluding carboxylic acids is 1. The average Bonchev–Trinajstić information content (AvgIpc) is 2.64. The second-order valence-corrected chi connectivity index (χ2v) is 5.59. The van der Waals surface area contributed by atoms with Gasteiger partial charge in [0.25, 0.3) is 0 Å². The van der Waals surface area contributed by atoms with Crippen molar-refractivity contribution in [1.29, 1.82) is 0 Å². The number of carbonyl (C=O) groups is 2. The molecule has 0 fully saturated rings. The first-order valence-corrected chi connectivity index (χ1v) is 8.12. The Hall–Kier alpha value is -3.80. The SMILES string of the molecule is CC=CC=C(OC(=O)c1cc(N)ccc1C=CC(=O)O)c1ccc(N)cc1. The summed E-state index contributed by atoms with van der Waals surface area (Å²) in [6, 6.07) is 11.5. The van der Waals surface area contributed by atoms with E-state index in [2.05, 4.69) is 0 Å². The minimum atomic E-state index is -1.12. The Morgan fingerprint density at radius 1 is 1.04 bits per heavy atom. The van der Waals surface area contributed by atoms with E-state index >= 15 is 0 Å². The van der Waals surface area contributed by atoms with Crippen molar-refractivity contribution in [2.45, 2.75) is 6.92 Å². The van der Waals surface area contributed by atoms with Crippen molar-refractivity contribution in [1.82, 2.24) is 0 Å². The van der Waals surface area contributed by atoms with Crippen LogP contribution in [0.3, 0.4) is 0 Å². The minimum Gasteiger partial charge on any atom is -0.478 e. The number of anilines is 2. The van der Waals surface area contributed by atoms with Crippen LogP contribution in [0.2, 0.25) is 0 Å². The van der Waals surface area contributed by atoms with Crippen LogP contribution in [-0.4, -0.2) is 17.0 Å². The van der Waals surface area contributed by atoms with Crippen molar-refractivity contribution < 1.29 is 19.4 Å². The molecule has 138 valence electrons. The van der Waals surface area contributed by atoms with Crippen molar-refractivity contribution >= 4 is 35.1 Å². The normalized spacial score (nSPS) is 11.8. The number of esters is 1. The summed E-state index contributed by atoms with van der Waals surface area (Å²) in [5.41, 5.74) is 13.6. The van der Waals surface area contributed by atoms with Crippen LogP contribution < -0.4 is 11.5 Å². The summed E-state index contributed by atoms with van der Waals surface area (Å²) in [4.78, 5) is 23.5. The number of rotatable bonds is 6. The van der Waals surface area contributed by atoms with Gasteiger partial charge in [0.05, 0.1) is 5.56 Å². The largest absolute Gasteiger partial charge is 0.478 e. The Labute approximate surface area is 157 Å². The van der Waals surface area contributed by atoms with Gasteiger partial charge in [0, 0.05) is 23.0 Å². The van der Waals surface area contributed by atoms with Gasteiger partial charge in [-0.3, -0.25) is 0 Å². The molecule has 0 aliphatic rings. The molecule has 2 aromatic rings. The molecule has 2 rings (SSSR count). The maximum Gasteiger partial charge on any atom is 0.344 e. The molecule has 0 radical (unpaired) electrons. The number of aliphatic carboxylic acids is 1. The predicted octanol–water partition coefficient (Wildman–Crippen LogP) is 3.72. The number of benzene rings is 2. The van der Waals surface area contributed by atoms with E-state index in [1.54, 1.807) is 54.6 Å². The first-order valence-electron chi connectivity index (χ1n) is 8.12. The number of nitrogen functional groups attached to an aromatic ring is 2. The highest BCUT2D eigenvalue weighted by atomic mass is 16.5. The predicted molar refractivity (Wildman–Crippen MR) is 107 cm³/mol. The molecular weight excluding hydrogens is 344 g/mol. The van der Waals surface area contributed by atoms with Gasteiger partial charge in [-0.05, 0) is 61.0 Å². The summed E-state index contributed by atoms with van der Waals surface area (Å²) in [5, 5.41) is 8.82. The lowest BCUT2D eigenvalue weighted by atomic mass is 10.1. The van der Waals surface area contributed by atoms with E-state index in [0.717, 1.165) is 6.08 Å². The molecule has 0 aromatic heterocycles. The number of allylic oxidation sites excluding steroid dienone is 3. The fourth-order valence-corrected chi connectivity index (χ4v) is 2.23. The lowest BCUT2D eigenvalue weighted by Gasteiger charge is -2.11. The summed E-state index contributed by atoms with van der Waals surface area (Å²) in [7, 11) is 0. The van der Waals surface area contributed by atoms with E-state index in [9.17, 15) is 9.59 Å². The Kier molecular flexibility index (Phi) is 6.55. The molecule has 0 heterocycles. The molecule has 0 unspecified atom stereocenters. The third-order valence-corrected chi connectivity index (χ3v) is 3.54. The number of hydrogen-bond acceptors (Lipinski definition) is 5. The quantitative estimate of drug-likeness (QED) is 0.236. The highest BCUT2D eigenvalue weighted by Crippen LogP contribution is 2.23. The lowest BCUT2D eigenvalue weighted by Crippen LogP contribution is -2.08. The molecule has 0 saturated carbocycles.